The number of hydrogen-bond acceptors (Lipinski definition) is 7. The van der Waals surface area contributed by atoms with Gasteiger partial charge in [0, 0.05) is 11.3 Å². The Morgan fingerprint density at radius 2 is 1.87 bits per heavy atom. The van der Waals surface area contributed by atoms with E-state index in [4.69, 9.17) is 10.3 Å². The molecule has 1 aromatic heterocycles. The molecular weight excluding hydrogens is 425 g/mol. The van der Waals surface area contributed by atoms with E-state index in [-0.39, 0.29) is 28.8 Å². The van der Waals surface area contributed by atoms with E-state index in [2.05, 4.69) is 20.2 Å². The number of sulfonamides is 1. The maximum Gasteiger partial charge on any atom is 0.261 e. The number of amides is 1. The Morgan fingerprint density at radius 3 is 2.55 bits per heavy atom. The second-order valence-electron chi connectivity index (χ2n) is 7.40. The van der Waals surface area contributed by atoms with Gasteiger partial charge in [0.2, 0.25) is 17.6 Å². The molecule has 164 valence electrons. The molecule has 9 nitrogen and oxygen atoms in total. The lowest BCUT2D eigenvalue weighted by Crippen LogP contribution is -2.32. The van der Waals surface area contributed by atoms with Gasteiger partial charge in [-0.2, -0.15) is 4.98 Å². The fourth-order valence-electron chi connectivity index (χ4n) is 2.49. The molecule has 2 aromatic carbocycles. The molecule has 0 unspecified atom stereocenters. The lowest BCUT2D eigenvalue weighted by molar-refractivity contribution is -0.124. The van der Waals surface area contributed by atoms with Crippen molar-refractivity contribution in [1.29, 1.82) is 0 Å². The molecule has 0 atom stereocenters. The normalized spacial score (nSPS) is 11.9. The summed E-state index contributed by atoms with van der Waals surface area (Å²) in [5.41, 5.74) is 5.26. The number of halogens is 1. The first-order valence-electron chi connectivity index (χ1n) is 9.28. The lowest BCUT2D eigenvalue weighted by Gasteiger charge is -2.19. The highest BCUT2D eigenvalue weighted by Gasteiger charge is 2.27. The van der Waals surface area contributed by atoms with Crippen LogP contribution in [0.4, 0.5) is 15.8 Å². The Balaban J connectivity index is 1.81. The lowest BCUT2D eigenvalue weighted by atomic mass is 9.94. The number of nitrogens with zero attached hydrogens (tertiary/aromatic N) is 2. The molecule has 1 heterocycles. The summed E-state index contributed by atoms with van der Waals surface area (Å²) in [7, 11) is -3.95. The highest BCUT2D eigenvalue weighted by Crippen LogP contribution is 2.25. The molecule has 0 saturated heterocycles. The number of benzene rings is 2. The highest BCUT2D eigenvalue weighted by molar-refractivity contribution is 7.92. The molecule has 0 spiro atoms. The first-order valence-corrected chi connectivity index (χ1v) is 10.8. The van der Waals surface area contributed by atoms with Crippen molar-refractivity contribution in [2.75, 3.05) is 16.7 Å². The van der Waals surface area contributed by atoms with E-state index in [0.29, 0.717) is 11.3 Å². The van der Waals surface area contributed by atoms with Gasteiger partial charge < -0.3 is 15.6 Å². The minimum Gasteiger partial charge on any atom is -0.338 e. The van der Waals surface area contributed by atoms with Crippen LogP contribution in [0.3, 0.4) is 0 Å². The van der Waals surface area contributed by atoms with Crippen LogP contribution in [0, 0.1) is 5.41 Å². The molecule has 3 aromatic rings. The summed E-state index contributed by atoms with van der Waals surface area (Å²) in [5.74, 6) is -0.0615. The molecule has 31 heavy (non-hydrogen) atoms. The Labute approximate surface area is 178 Å². The molecule has 1 amide bonds. The maximum absolute atomic E-state index is 13.0. The fraction of sp³-hybridized carbons (Fsp3) is 0.250. The van der Waals surface area contributed by atoms with Gasteiger partial charge in [-0.3, -0.25) is 9.52 Å². The zero-order valence-corrected chi connectivity index (χ0v) is 17.7. The number of aromatic nitrogens is 2. The standard InChI is InChI=1S/C20H22FN5O4S/c1-20(2,12-21)19(27)23-14-6-4-7-15(10-14)26-31(28,29)16-8-3-5-13(9-16)18-24-17(11-22)30-25-18/h3-10,26H,11-12,22H2,1-2H3,(H,23,27). The van der Waals surface area contributed by atoms with Gasteiger partial charge in [-0.1, -0.05) is 23.4 Å². The zero-order valence-electron chi connectivity index (χ0n) is 16.9. The third-order valence-corrected chi connectivity index (χ3v) is 5.75. The van der Waals surface area contributed by atoms with Gasteiger partial charge in [0.15, 0.2) is 0 Å². The van der Waals surface area contributed by atoms with Gasteiger partial charge in [-0.25, -0.2) is 12.8 Å². The molecule has 0 radical (unpaired) electrons. The van der Waals surface area contributed by atoms with Gasteiger partial charge in [0.05, 0.1) is 22.5 Å². The van der Waals surface area contributed by atoms with Crippen LogP contribution in [0.1, 0.15) is 19.7 Å². The van der Waals surface area contributed by atoms with Crippen LogP contribution in [0.2, 0.25) is 0 Å². The number of nitrogens with one attached hydrogen (secondary N) is 2. The number of nitrogens with two attached hydrogens (primary N) is 1. The topological polar surface area (TPSA) is 140 Å². The molecule has 4 N–H and O–H groups in total. The fourth-order valence-corrected chi connectivity index (χ4v) is 3.59. The molecule has 0 fully saturated rings. The summed E-state index contributed by atoms with van der Waals surface area (Å²) < 4.78 is 46.1. The van der Waals surface area contributed by atoms with Crippen LogP contribution in [-0.2, 0) is 21.4 Å². The van der Waals surface area contributed by atoms with Crippen molar-refractivity contribution in [2.24, 2.45) is 11.1 Å². The number of carbonyl (C=O) groups is 1. The predicted molar refractivity (Wildman–Crippen MR) is 113 cm³/mol. The van der Waals surface area contributed by atoms with Gasteiger partial charge >= 0.3 is 0 Å². The molecule has 3 rings (SSSR count). The maximum atomic E-state index is 13.0. The molecule has 0 aliphatic heterocycles. The zero-order chi connectivity index (χ0) is 22.6. The van der Waals surface area contributed by atoms with Crippen LogP contribution in [0.5, 0.6) is 0 Å². The predicted octanol–water partition coefficient (Wildman–Crippen LogP) is 2.93. The largest absolute Gasteiger partial charge is 0.338 e. The summed E-state index contributed by atoms with van der Waals surface area (Å²) in [5, 5.41) is 6.37. The third kappa shape index (κ3) is 5.25. The summed E-state index contributed by atoms with van der Waals surface area (Å²) in [4.78, 5) is 16.2. The van der Waals surface area contributed by atoms with Crippen LogP contribution < -0.4 is 15.8 Å². The van der Waals surface area contributed by atoms with Gasteiger partial charge in [-0.05, 0) is 44.2 Å². The Bertz CT molecular complexity index is 1190. The monoisotopic (exact) mass is 447 g/mol. The number of hydrogen-bond donors (Lipinski definition) is 3. The van der Waals surface area contributed by atoms with Crippen molar-refractivity contribution < 1.29 is 22.1 Å². The van der Waals surface area contributed by atoms with Crippen molar-refractivity contribution in [2.45, 2.75) is 25.3 Å². The quantitative estimate of drug-likeness (QED) is 0.482. The number of alkyl halides is 1. The van der Waals surface area contributed by atoms with E-state index in [1.54, 1.807) is 24.3 Å². The Morgan fingerprint density at radius 1 is 1.16 bits per heavy atom. The molecule has 0 aliphatic rings. The first-order chi connectivity index (χ1) is 14.6. The van der Waals surface area contributed by atoms with Crippen molar-refractivity contribution >= 4 is 27.3 Å². The van der Waals surface area contributed by atoms with E-state index in [0.717, 1.165) is 0 Å². The number of rotatable bonds is 8. The van der Waals surface area contributed by atoms with Crippen molar-refractivity contribution in [3.8, 4) is 11.4 Å². The van der Waals surface area contributed by atoms with E-state index < -0.39 is 28.0 Å². The van der Waals surface area contributed by atoms with E-state index in [1.807, 2.05) is 0 Å². The minimum atomic E-state index is -3.95. The second-order valence-corrected chi connectivity index (χ2v) is 9.08. The van der Waals surface area contributed by atoms with Crippen LogP contribution >= 0.6 is 0 Å². The minimum absolute atomic E-state index is 0.0166. The summed E-state index contributed by atoms with van der Waals surface area (Å²) in [6, 6.07) is 12.2. The van der Waals surface area contributed by atoms with Crippen LogP contribution in [0.15, 0.2) is 57.9 Å². The molecule has 0 aliphatic carbocycles. The highest BCUT2D eigenvalue weighted by atomic mass is 32.2. The van der Waals surface area contributed by atoms with Gasteiger partial charge in [0.1, 0.15) is 6.67 Å². The molecular formula is C20H22FN5O4S. The van der Waals surface area contributed by atoms with E-state index in [9.17, 15) is 17.6 Å². The smallest absolute Gasteiger partial charge is 0.261 e. The number of carbonyl (C=O) groups excluding carboxylic acids is 1. The van der Waals surface area contributed by atoms with Gasteiger partial charge in [0.25, 0.3) is 10.0 Å². The average Bonchev–Trinajstić information content (AvgIpc) is 3.23. The average molecular weight is 447 g/mol. The molecule has 0 saturated carbocycles. The van der Waals surface area contributed by atoms with E-state index >= 15 is 0 Å². The number of anilines is 2. The van der Waals surface area contributed by atoms with Crippen molar-refractivity contribution in [3.63, 3.8) is 0 Å². The Kier molecular flexibility index (Phi) is 6.37. The van der Waals surface area contributed by atoms with Crippen LogP contribution in [-0.4, -0.2) is 31.1 Å². The van der Waals surface area contributed by atoms with Crippen molar-refractivity contribution in [1.82, 2.24) is 10.1 Å². The van der Waals surface area contributed by atoms with Crippen LogP contribution in [0.25, 0.3) is 11.4 Å². The molecule has 0 bridgehead atoms. The summed E-state index contributed by atoms with van der Waals surface area (Å²) >= 11 is 0. The summed E-state index contributed by atoms with van der Waals surface area (Å²) in [6.45, 7) is 2.20. The Hall–Kier alpha value is -3.31. The second kappa shape index (κ2) is 8.82. The van der Waals surface area contributed by atoms with Crippen molar-refractivity contribution in [3.05, 3.63) is 54.4 Å². The summed E-state index contributed by atoms with van der Waals surface area (Å²) in [6.07, 6.45) is 0. The van der Waals surface area contributed by atoms with Gasteiger partial charge in [-0.15, -0.1) is 0 Å². The third-order valence-electron chi connectivity index (χ3n) is 4.37. The first kappa shape index (κ1) is 22.4. The SMILES string of the molecule is CC(C)(CF)C(=O)Nc1cccc(NS(=O)(=O)c2cccc(-c3noc(CN)n3)c2)c1. The molecule has 11 heteroatoms. The van der Waals surface area contributed by atoms with E-state index in [1.165, 1.54) is 38.1 Å².